The molecule has 0 saturated carbocycles. The fourth-order valence-corrected chi connectivity index (χ4v) is 4.79. The average Bonchev–Trinajstić information content (AvgIpc) is 3.14. The van der Waals surface area contributed by atoms with Crippen LogP contribution < -0.4 is 11.1 Å². The molecule has 0 bridgehead atoms. The summed E-state index contributed by atoms with van der Waals surface area (Å²) in [4.78, 5) is 4.29. The Kier molecular flexibility index (Phi) is 4.57. The Bertz CT molecular complexity index is 1460. The van der Waals surface area contributed by atoms with E-state index in [2.05, 4.69) is 85.7 Å². The number of fused-ring (bicyclic) bond motifs is 4. The fraction of sp³-hybridized carbons (Fsp3) is 0.148. The lowest BCUT2D eigenvalue weighted by Crippen LogP contribution is -2.13. The minimum absolute atomic E-state index is 0.119. The number of hydrogen-bond acceptors (Lipinski definition) is 5. The van der Waals surface area contributed by atoms with Gasteiger partial charge in [0.15, 0.2) is 0 Å². The zero-order chi connectivity index (χ0) is 22.4. The molecule has 0 fully saturated rings. The lowest BCUT2D eigenvalue weighted by Gasteiger charge is -2.23. The number of anilines is 2. The summed E-state index contributed by atoms with van der Waals surface area (Å²) >= 11 is 0. The molecule has 162 valence electrons. The maximum Gasteiger partial charge on any atom is 0.137 e. The van der Waals surface area contributed by atoms with Crippen molar-refractivity contribution < 1.29 is 0 Å². The Labute approximate surface area is 192 Å². The lowest BCUT2D eigenvalue weighted by atomic mass is 9.96. The van der Waals surface area contributed by atoms with Crippen molar-refractivity contribution in [2.45, 2.75) is 25.8 Å². The molecule has 1 unspecified atom stereocenters. The lowest BCUT2D eigenvalue weighted by molar-refractivity contribution is 0.686. The van der Waals surface area contributed by atoms with E-state index in [1.807, 2.05) is 25.3 Å². The molecule has 0 saturated heterocycles. The molecule has 6 heteroatoms. The molecule has 3 heterocycles. The van der Waals surface area contributed by atoms with Gasteiger partial charge in [0.05, 0.1) is 11.7 Å². The molecule has 6 nitrogen and oxygen atoms in total. The van der Waals surface area contributed by atoms with Gasteiger partial charge in [-0.2, -0.15) is 0 Å². The standard InChI is InChI=1S/C27H24N6/c1-17-31-32-27-14-11-24(30-23-8-4-6-18-5-2-3-7-21(18)23)22-15-19(9-12-25(22)33(17)27)20-10-13-26(28)29-16-20/h2-10,12-13,15-16,24,30H,11,14H2,1H3,(H2,28,29). The molecule has 33 heavy (non-hydrogen) atoms. The molecule has 3 aromatic carbocycles. The second-order valence-corrected chi connectivity index (χ2v) is 8.51. The Balaban J connectivity index is 1.49. The smallest absolute Gasteiger partial charge is 0.137 e. The summed E-state index contributed by atoms with van der Waals surface area (Å²) in [7, 11) is 0. The molecule has 0 radical (unpaired) electrons. The van der Waals surface area contributed by atoms with Gasteiger partial charge in [-0.05, 0) is 60.2 Å². The van der Waals surface area contributed by atoms with Crippen LogP contribution in [0.4, 0.5) is 11.5 Å². The van der Waals surface area contributed by atoms with E-state index in [0.29, 0.717) is 5.82 Å². The van der Waals surface area contributed by atoms with Crippen LogP contribution in [-0.4, -0.2) is 19.7 Å². The van der Waals surface area contributed by atoms with Crippen molar-refractivity contribution in [2.75, 3.05) is 11.1 Å². The Morgan fingerprint density at radius 3 is 2.67 bits per heavy atom. The minimum Gasteiger partial charge on any atom is -0.384 e. The largest absolute Gasteiger partial charge is 0.384 e. The van der Waals surface area contributed by atoms with Gasteiger partial charge < -0.3 is 11.1 Å². The second-order valence-electron chi connectivity index (χ2n) is 8.51. The van der Waals surface area contributed by atoms with E-state index in [1.54, 1.807) is 0 Å². The average molecular weight is 433 g/mol. The molecule has 1 atom stereocenters. The highest BCUT2D eigenvalue weighted by molar-refractivity contribution is 5.94. The first-order valence-corrected chi connectivity index (χ1v) is 11.2. The summed E-state index contributed by atoms with van der Waals surface area (Å²) in [6, 6.07) is 25.5. The quantitative estimate of drug-likeness (QED) is 0.395. The zero-order valence-electron chi connectivity index (χ0n) is 18.4. The molecule has 2 aromatic heterocycles. The molecular weight excluding hydrogens is 408 g/mol. The van der Waals surface area contributed by atoms with Gasteiger partial charge in [0.25, 0.3) is 0 Å². The van der Waals surface area contributed by atoms with Gasteiger partial charge in [-0.15, -0.1) is 10.2 Å². The van der Waals surface area contributed by atoms with Crippen molar-refractivity contribution in [3.8, 4) is 16.8 Å². The number of nitrogen functional groups attached to an aromatic ring is 1. The highest BCUT2D eigenvalue weighted by Crippen LogP contribution is 2.37. The summed E-state index contributed by atoms with van der Waals surface area (Å²) in [6.07, 6.45) is 3.59. The summed E-state index contributed by atoms with van der Waals surface area (Å²) in [5, 5.41) is 15.1. The number of hydrogen-bond donors (Lipinski definition) is 2. The number of nitrogens with two attached hydrogens (primary N) is 1. The normalized spacial score (nSPS) is 15.0. The van der Waals surface area contributed by atoms with Gasteiger partial charge in [0.2, 0.25) is 0 Å². The number of rotatable bonds is 3. The second kappa shape index (κ2) is 7.74. The third-order valence-corrected chi connectivity index (χ3v) is 6.43. The van der Waals surface area contributed by atoms with E-state index in [1.165, 1.54) is 16.3 Å². The van der Waals surface area contributed by atoms with Crippen molar-refractivity contribution in [2.24, 2.45) is 0 Å². The first-order valence-electron chi connectivity index (χ1n) is 11.2. The van der Waals surface area contributed by atoms with E-state index < -0.39 is 0 Å². The van der Waals surface area contributed by atoms with E-state index in [9.17, 15) is 0 Å². The molecule has 5 aromatic rings. The van der Waals surface area contributed by atoms with Gasteiger partial charge in [-0.3, -0.25) is 4.57 Å². The summed E-state index contributed by atoms with van der Waals surface area (Å²) in [5.74, 6) is 2.42. The van der Waals surface area contributed by atoms with Crippen LogP contribution in [0.15, 0.2) is 79.0 Å². The number of benzene rings is 3. The van der Waals surface area contributed by atoms with Gasteiger partial charge in [0, 0.05) is 29.3 Å². The van der Waals surface area contributed by atoms with Crippen molar-refractivity contribution in [1.29, 1.82) is 0 Å². The van der Waals surface area contributed by atoms with Crippen LogP contribution in [0.25, 0.3) is 27.6 Å². The molecule has 0 spiro atoms. The third kappa shape index (κ3) is 3.40. The maximum absolute atomic E-state index is 5.81. The Morgan fingerprint density at radius 1 is 0.939 bits per heavy atom. The van der Waals surface area contributed by atoms with E-state index >= 15 is 0 Å². The zero-order valence-corrected chi connectivity index (χ0v) is 18.4. The fourth-order valence-electron chi connectivity index (χ4n) is 4.79. The van der Waals surface area contributed by atoms with Gasteiger partial charge in [-0.25, -0.2) is 4.98 Å². The van der Waals surface area contributed by atoms with Crippen molar-refractivity contribution in [1.82, 2.24) is 19.7 Å². The summed E-state index contributed by atoms with van der Waals surface area (Å²) in [6.45, 7) is 2.01. The number of aryl methyl sites for hydroxylation is 2. The van der Waals surface area contributed by atoms with Gasteiger partial charge in [0.1, 0.15) is 17.5 Å². The predicted octanol–water partition coefficient (Wildman–Crippen LogP) is 5.47. The van der Waals surface area contributed by atoms with Crippen LogP contribution in [0, 0.1) is 6.92 Å². The molecule has 1 aliphatic rings. The number of pyridine rings is 1. The van der Waals surface area contributed by atoms with Crippen LogP contribution in [0.3, 0.4) is 0 Å². The highest BCUT2D eigenvalue weighted by Gasteiger charge is 2.25. The molecule has 0 aliphatic carbocycles. The van der Waals surface area contributed by atoms with E-state index in [4.69, 9.17) is 5.73 Å². The predicted molar refractivity (Wildman–Crippen MR) is 132 cm³/mol. The topological polar surface area (TPSA) is 81.7 Å². The SMILES string of the molecule is Cc1nnc2n1-c1ccc(-c3ccc(N)nc3)cc1C(Nc1cccc3ccccc13)CC2. The minimum atomic E-state index is 0.119. The molecule has 0 amide bonds. The number of aromatic nitrogens is 4. The molecule has 6 rings (SSSR count). The Hall–Kier alpha value is -4.19. The van der Waals surface area contributed by atoms with Crippen LogP contribution >= 0.6 is 0 Å². The first kappa shape index (κ1) is 19.5. The third-order valence-electron chi connectivity index (χ3n) is 6.43. The number of nitrogens with zero attached hydrogens (tertiary/aromatic N) is 4. The van der Waals surface area contributed by atoms with Crippen LogP contribution in [-0.2, 0) is 6.42 Å². The van der Waals surface area contributed by atoms with Crippen LogP contribution in [0.1, 0.15) is 29.7 Å². The van der Waals surface area contributed by atoms with E-state index in [-0.39, 0.29) is 6.04 Å². The van der Waals surface area contributed by atoms with Crippen LogP contribution in [0.5, 0.6) is 0 Å². The van der Waals surface area contributed by atoms with Crippen molar-refractivity contribution >= 4 is 22.3 Å². The molecular formula is C27H24N6. The number of nitrogens with one attached hydrogen (secondary N) is 1. The van der Waals surface area contributed by atoms with Crippen LogP contribution in [0.2, 0.25) is 0 Å². The van der Waals surface area contributed by atoms with Gasteiger partial charge in [-0.1, -0.05) is 42.5 Å². The van der Waals surface area contributed by atoms with Crippen molar-refractivity contribution in [3.05, 3.63) is 96.2 Å². The molecule has 1 aliphatic heterocycles. The molecule has 3 N–H and O–H groups in total. The van der Waals surface area contributed by atoms with Crippen molar-refractivity contribution in [3.63, 3.8) is 0 Å². The maximum atomic E-state index is 5.81. The van der Waals surface area contributed by atoms with Gasteiger partial charge >= 0.3 is 0 Å². The summed E-state index contributed by atoms with van der Waals surface area (Å²) in [5.41, 5.74) is 11.4. The highest BCUT2D eigenvalue weighted by atomic mass is 15.3. The van der Waals surface area contributed by atoms with E-state index in [0.717, 1.165) is 47.0 Å². The summed E-state index contributed by atoms with van der Waals surface area (Å²) < 4.78 is 2.19. The Morgan fingerprint density at radius 2 is 1.79 bits per heavy atom. The first-order chi connectivity index (χ1) is 16.2. The monoisotopic (exact) mass is 432 g/mol.